The monoisotopic (exact) mass is 227 g/mol. The SMILES string of the molecule is CC(C)CC(CO)NC1CC(C)CC(C)C1. The molecular formula is C14H29NO. The molecule has 0 aliphatic heterocycles. The minimum atomic E-state index is 0.275. The third-order valence-electron chi connectivity index (χ3n) is 3.63. The summed E-state index contributed by atoms with van der Waals surface area (Å²) < 4.78 is 0. The van der Waals surface area contributed by atoms with Gasteiger partial charge >= 0.3 is 0 Å². The van der Waals surface area contributed by atoms with Crippen molar-refractivity contribution in [1.82, 2.24) is 5.32 Å². The van der Waals surface area contributed by atoms with Gasteiger partial charge in [-0.15, -0.1) is 0 Å². The summed E-state index contributed by atoms with van der Waals surface area (Å²) in [5.41, 5.74) is 0. The van der Waals surface area contributed by atoms with E-state index in [0.29, 0.717) is 18.0 Å². The van der Waals surface area contributed by atoms with E-state index in [-0.39, 0.29) is 6.61 Å². The molecule has 16 heavy (non-hydrogen) atoms. The summed E-state index contributed by atoms with van der Waals surface area (Å²) in [6, 6.07) is 0.914. The molecule has 0 aromatic heterocycles. The van der Waals surface area contributed by atoms with Crippen LogP contribution in [0.5, 0.6) is 0 Å². The molecule has 96 valence electrons. The fraction of sp³-hybridized carbons (Fsp3) is 1.00. The second kappa shape index (κ2) is 6.61. The van der Waals surface area contributed by atoms with E-state index in [1.165, 1.54) is 19.3 Å². The molecule has 0 bridgehead atoms. The molecule has 0 radical (unpaired) electrons. The summed E-state index contributed by atoms with van der Waals surface area (Å²) in [7, 11) is 0. The van der Waals surface area contributed by atoms with Crippen LogP contribution in [0.15, 0.2) is 0 Å². The maximum atomic E-state index is 9.37. The normalized spacial score (nSPS) is 33.0. The van der Waals surface area contributed by atoms with Crippen molar-refractivity contribution in [2.45, 2.75) is 65.5 Å². The first-order valence-corrected chi connectivity index (χ1v) is 6.88. The molecule has 0 amide bonds. The van der Waals surface area contributed by atoms with Crippen LogP contribution in [-0.2, 0) is 0 Å². The second-order valence-electron chi connectivity index (χ2n) is 6.29. The van der Waals surface area contributed by atoms with Crippen LogP contribution in [0.25, 0.3) is 0 Å². The highest BCUT2D eigenvalue weighted by Crippen LogP contribution is 2.28. The predicted octanol–water partition coefficient (Wildman–Crippen LogP) is 2.81. The topological polar surface area (TPSA) is 32.3 Å². The average Bonchev–Trinajstić information content (AvgIpc) is 2.14. The van der Waals surface area contributed by atoms with Crippen LogP contribution < -0.4 is 5.32 Å². The lowest BCUT2D eigenvalue weighted by Crippen LogP contribution is -2.44. The van der Waals surface area contributed by atoms with Gasteiger partial charge in [0.05, 0.1) is 6.61 Å². The largest absolute Gasteiger partial charge is 0.395 e. The van der Waals surface area contributed by atoms with Gasteiger partial charge in [-0.05, 0) is 43.4 Å². The van der Waals surface area contributed by atoms with Gasteiger partial charge in [-0.2, -0.15) is 0 Å². The van der Waals surface area contributed by atoms with Crippen molar-refractivity contribution in [3.05, 3.63) is 0 Å². The van der Waals surface area contributed by atoms with E-state index in [4.69, 9.17) is 0 Å². The van der Waals surface area contributed by atoms with Gasteiger partial charge in [-0.25, -0.2) is 0 Å². The number of aliphatic hydroxyl groups is 1. The van der Waals surface area contributed by atoms with Crippen LogP contribution in [-0.4, -0.2) is 23.8 Å². The highest BCUT2D eigenvalue weighted by atomic mass is 16.3. The van der Waals surface area contributed by atoms with Gasteiger partial charge in [-0.3, -0.25) is 0 Å². The molecule has 3 atom stereocenters. The minimum Gasteiger partial charge on any atom is -0.395 e. The van der Waals surface area contributed by atoms with E-state index in [2.05, 4.69) is 33.0 Å². The van der Waals surface area contributed by atoms with E-state index < -0.39 is 0 Å². The van der Waals surface area contributed by atoms with E-state index in [1.54, 1.807) is 0 Å². The first kappa shape index (κ1) is 14.0. The van der Waals surface area contributed by atoms with Gasteiger partial charge < -0.3 is 10.4 Å². The number of hydrogen-bond acceptors (Lipinski definition) is 2. The Morgan fingerprint density at radius 2 is 1.69 bits per heavy atom. The molecule has 2 heteroatoms. The lowest BCUT2D eigenvalue weighted by molar-refractivity contribution is 0.174. The van der Waals surface area contributed by atoms with Crippen LogP contribution in [0.3, 0.4) is 0 Å². The molecule has 0 aromatic rings. The molecule has 1 rings (SSSR count). The predicted molar refractivity (Wildman–Crippen MR) is 69.4 cm³/mol. The molecule has 3 unspecified atom stereocenters. The van der Waals surface area contributed by atoms with Gasteiger partial charge in [-0.1, -0.05) is 27.7 Å². The third-order valence-corrected chi connectivity index (χ3v) is 3.63. The Morgan fingerprint density at radius 1 is 1.12 bits per heavy atom. The first-order valence-electron chi connectivity index (χ1n) is 6.88. The number of nitrogens with one attached hydrogen (secondary N) is 1. The highest BCUT2D eigenvalue weighted by molar-refractivity contribution is 4.82. The van der Waals surface area contributed by atoms with Crippen LogP contribution in [0.2, 0.25) is 0 Å². The fourth-order valence-electron chi connectivity index (χ4n) is 3.18. The van der Waals surface area contributed by atoms with E-state index in [1.807, 2.05) is 0 Å². The summed E-state index contributed by atoms with van der Waals surface area (Å²) in [6.45, 7) is 9.41. The van der Waals surface area contributed by atoms with Crippen LogP contribution >= 0.6 is 0 Å². The Balaban J connectivity index is 2.38. The van der Waals surface area contributed by atoms with E-state index >= 15 is 0 Å². The Labute approximate surface area is 101 Å². The Morgan fingerprint density at radius 3 is 2.12 bits per heavy atom. The van der Waals surface area contributed by atoms with Gasteiger partial charge in [0.15, 0.2) is 0 Å². The molecule has 1 aliphatic carbocycles. The van der Waals surface area contributed by atoms with Crippen molar-refractivity contribution in [2.24, 2.45) is 17.8 Å². The maximum Gasteiger partial charge on any atom is 0.0584 e. The highest BCUT2D eigenvalue weighted by Gasteiger charge is 2.25. The number of rotatable bonds is 5. The summed E-state index contributed by atoms with van der Waals surface area (Å²) in [4.78, 5) is 0. The van der Waals surface area contributed by atoms with Crippen LogP contribution in [0.1, 0.15) is 53.4 Å². The molecule has 1 aliphatic rings. The summed E-state index contributed by atoms with van der Waals surface area (Å²) >= 11 is 0. The molecule has 2 nitrogen and oxygen atoms in total. The van der Waals surface area contributed by atoms with Crippen molar-refractivity contribution >= 4 is 0 Å². The van der Waals surface area contributed by atoms with Gasteiger partial charge in [0.2, 0.25) is 0 Å². The molecule has 0 spiro atoms. The summed E-state index contributed by atoms with van der Waals surface area (Å²) in [5.74, 6) is 2.32. The minimum absolute atomic E-state index is 0.275. The van der Waals surface area contributed by atoms with Crippen molar-refractivity contribution in [3.8, 4) is 0 Å². The summed E-state index contributed by atoms with van der Waals surface area (Å²) in [6.07, 6.45) is 5.00. The molecule has 0 aromatic carbocycles. The quantitative estimate of drug-likeness (QED) is 0.757. The first-order chi connectivity index (χ1) is 7.51. The van der Waals surface area contributed by atoms with E-state index in [0.717, 1.165) is 18.3 Å². The Kier molecular flexibility index (Phi) is 5.77. The van der Waals surface area contributed by atoms with Crippen LogP contribution in [0, 0.1) is 17.8 Å². The standard InChI is InChI=1S/C14H29NO/c1-10(2)5-14(9-16)15-13-7-11(3)6-12(4)8-13/h10-16H,5-9H2,1-4H3. The third kappa shape index (κ3) is 4.84. The average molecular weight is 227 g/mol. The Hall–Kier alpha value is -0.0800. The van der Waals surface area contributed by atoms with Crippen molar-refractivity contribution in [2.75, 3.05) is 6.61 Å². The van der Waals surface area contributed by atoms with E-state index in [9.17, 15) is 5.11 Å². The molecular weight excluding hydrogens is 198 g/mol. The molecule has 2 N–H and O–H groups in total. The van der Waals surface area contributed by atoms with Gasteiger partial charge in [0.1, 0.15) is 0 Å². The summed E-state index contributed by atoms with van der Waals surface area (Å²) in [5, 5.41) is 13.0. The molecule has 0 saturated heterocycles. The Bertz CT molecular complexity index is 183. The van der Waals surface area contributed by atoms with Crippen molar-refractivity contribution < 1.29 is 5.11 Å². The lowest BCUT2D eigenvalue weighted by Gasteiger charge is -2.34. The fourth-order valence-corrected chi connectivity index (χ4v) is 3.18. The lowest BCUT2D eigenvalue weighted by atomic mass is 9.80. The number of aliphatic hydroxyl groups excluding tert-OH is 1. The zero-order chi connectivity index (χ0) is 12.1. The second-order valence-corrected chi connectivity index (χ2v) is 6.29. The smallest absolute Gasteiger partial charge is 0.0584 e. The maximum absolute atomic E-state index is 9.37. The zero-order valence-electron chi connectivity index (χ0n) is 11.4. The molecule has 1 saturated carbocycles. The number of hydrogen-bond donors (Lipinski definition) is 2. The van der Waals surface area contributed by atoms with Crippen molar-refractivity contribution in [1.29, 1.82) is 0 Å². The molecule has 1 fully saturated rings. The van der Waals surface area contributed by atoms with Crippen LogP contribution in [0.4, 0.5) is 0 Å². The molecule has 0 heterocycles. The zero-order valence-corrected chi connectivity index (χ0v) is 11.4. The van der Waals surface area contributed by atoms with Gasteiger partial charge in [0, 0.05) is 12.1 Å². The van der Waals surface area contributed by atoms with Crippen molar-refractivity contribution in [3.63, 3.8) is 0 Å². The van der Waals surface area contributed by atoms with Gasteiger partial charge in [0.25, 0.3) is 0 Å².